The Morgan fingerprint density at radius 2 is 0.855 bits per heavy atom. The molecular formula is C33H71N9O17S3. The molecule has 0 fully saturated rings. The predicted molar refractivity (Wildman–Crippen MR) is 237 cm³/mol. The highest BCUT2D eigenvalue weighted by molar-refractivity contribution is 8.76. The number of nitrogens with two attached hydrogens (primary N) is 9. The molecule has 0 saturated carbocycles. The van der Waals surface area contributed by atoms with Crippen LogP contribution in [0.5, 0.6) is 0 Å². The van der Waals surface area contributed by atoms with Gasteiger partial charge in [0.25, 0.3) is 0 Å². The number of carboxylic acid groups (broad SMARTS) is 8. The molecular weight excluding hydrogens is 891 g/mol. The molecule has 0 spiro atoms. The Hall–Kier alpha value is -4.04. The molecule has 0 aliphatic carbocycles. The minimum absolute atomic E-state index is 0.0213. The number of amides is 1. The second-order valence-electron chi connectivity index (χ2n) is 12.7. The van der Waals surface area contributed by atoms with Gasteiger partial charge >= 0.3 is 47.8 Å². The van der Waals surface area contributed by atoms with Gasteiger partial charge in [0.05, 0.1) is 6.54 Å². The van der Waals surface area contributed by atoms with Gasteiger partial charge in [-0.2, -0.15) is 11.8 Å². The van der Waals surface area contributed by atoms with E-state index in [4.69, 9.17) is 86.7 Å². The van der Waals surface area contributed by atoms with Crippen LogP contribution in [0.25, 0.3) is 0 Å². The van der Waals surface area contributed by atoms with Gasteiger partial charge in [0.2, 0.25) is 5.91 Å². The minimum Gasteiger partial charge on any atom is -0.480 e. The van der Waals surface area contributed by atoms with E-state index in [1.807, 2.05) is 34.0 Å². The van der Waals surface area contributed by atoms with Gasteiger partial charge in [0, 0.05) is 17.9 Å². The molecule has 0 aromatic heterocycles. The summed E-state index contributed by atoms with van der Waals surface area (Å²) in [5, 5.41) is 65.4. The van der Waals surface area contributed by atoms with E-state index in [1.54, 1.807) is 11.8 Å². The molecule has 0 aromatic carbocycles. The monoisotopic (exact) mass is 961 g/mol. The molecule has 0 saturated heterocycles. The summed E-state index contributed by atoms with van der Waals surface area (Å²) in [6.07, 6.45) is 3.96. The molecule has 0 rings (SSSR count). The van der Waals surface area contributed by atoms with Crippen LogP contribution in [0.15, 0.2) is 0 Å². The normalized spacial score (nSPS) is 13.6. The lowest BCUT2D eigenvalue weighted by Gasteiger charge is -2.11. The van der Waals surface area contributed by atoms with Gasteiger partial charge in [-0.25, -0.2) is 0 Å². The van der Waals surface area contributed by atoms with Crippen molar-refractivity contribution in [2.45, 2.75) is 109 Å². The van der Waals surface area contributed by atoms with E-state index in [-0.39, 0.29) is 36.8 Å². The molecule has 0 aliphatic heterocycles. The van der Waals surface area contributed by atoms with Crippen LogP contribution >= 0.6 is 33.3 Å². The first kappa shape index (κ1) is 72.4. The lowest BCUT2D eigenvalue weighted by Crippen LogP contribution is -2.36. The molecule has 368 valence electrons. The van der Waals surface area contributed by atoms with E-state index in [0.29, 0.717) is 18.8 Å². The highest BCUT2D eigenvalue weighted by Crippen LogP contribution is 2.22. The highest BCUT2D eigenvalue weighted by atomic mass is 33.1. The van der Waals surface area contributed by atoms with Crippen molar-refractivity contribution in [1.29, 1.82) is 0 Å². The Balaban J connectivity index is -0.000000116. The number of carbonyl (C=O) groups is 9. The summed E-state index contributed by atoms with van der Waals surface area (Å²) in [5.41, 5.74) is 45.3. The van der Waals surface area contributed by atoms with Crippen LogP contribution in [0.2, 0.25) is 0 Å². The van der Waals surface area contributed by atoms with Gasteiger partial charge in [-0.3, -0.25) is 43.2 Å². The van der Waals surface area contributed by atoms with Crippen molar-refractivity contribution in [3.05, 3.63) is 0 Å². The van der Waals surface area contributed by atoms with Crippen molar-refractivity contribution in [3.8, 4) is 0 Å². The first-order valence-electron chi connectivity index (χ1n) is 18.0. The largest absolute Gasteiger partial charge is 0.480 e. The number of carbonyl (C=O) groups excluding carboxylic acids is 1. The van der Waals surface area contributed by atoms with Crippen molar-refractivity contribution >= 4 is 87.0 Å². The number of aliphatic carboxylic acids is 8. The van der Waals surface area contributed by atoms with Crippen LogP contribution in [0.4, 0.5) is 0 Å². The van der Waals surface area contributed by atoms with Gasteiger partial charge in [0.15, 0.2) is 0 Å². The first-order chi connectivity index (χ1) is 28.2. The van der Waals surface area contributed by atoms with E-state index in [0.717, 1.165) is 12.2 Å². The van der Waals surface area contributed by atoms with Gasteiger partial charge in [-0.05, 0) is 50.0 Å². The fraction of sp³-hybridized carbons (Fsp3) is 0.727. The Kier molecular flexibility index (Phi) is 54.3. The summed E-state index contributed by atoms with van der Waals surface area (Å²) in [6.45, 7) is 8.79. The average Bonchev–Trinajstić information content (AvgIpc) is 3.17. The third-order valence-corrected chi connectivity index (χ3v) is 9.45. The SMILES string of the molecule is CC(C)C[C@H](N)C(=O)O.CC[C@H](C)[C@H](N)C(=O)O.CSCC[C@H](N)C(=O)O.C[C@H](N)C(=O)O.NC(=O)CC[C@H](N)C(=O)O.NCC(=O)O.N[C@@H](CSSC[C@H](N)C(=O)O)C(=O)O. The highest BCUT2D eigenvalue weighted by Gasteiger charge is 2.18. The third-order valence-electron chi connectivity index (χ3n) is 6.33. The summed E-state index contributed by atoms with van der Waals surface area (Å²) in [6, 6.07) is -5.63. The molecule has 0 unspecified atom stereocenters. The van der Waals surface area contributed by atoms with Crippen LogP contribution in [0.3, 0.4) is 0 Å². The van der Waals surface area contributed by atoms with Crippen molar-refractivity contribution in [3.63, 3.8) is 0 Å². The smallest absolute Gasteiger partial charge is 0.321 e. The molecule has 62 heavy (non-hydrogen) atoms. The molecule has 0 aromatic rings. The van der Waals surface area contributed by atoms with Gasteiger partial charge < -0.3 is 92.5 Å². The fourth-order valence-corrected chi connectivity index (χ4v) is 5.00. The lowest BCUT2D eigenvalue weighted by atomic mass is 10.0. The molecule has 0 aliphatic rings. The first-order valence-corrected chi connectivity index (χ1v) is 21.9. The van der Waals surface area contributed by atoms with Crippen LogP contribution in [-0.4, -0.2) is 167 Å². The Labute approximate surface area is 372 Å². The number of hydrogen-bond donors (Lipinski definition) is 17. The maximum absolute atomic E-state index is 10.3. The standard InChI is InChI=1S/C6H12N2O4S2.2C6H13NO2.C5H10N2O3.C5H11NO2S.C3H7NO2.C2H5NO2/c7-3(5(9)10)1-13-14-2-4(8)6(11)12;1-4(2)3-5(7)6(8)9;1-3-4(2)5(7)6(8)9;6-3(5(9)10)1-2-4(7)8;1-9-3-2-4(6)5(7)8;1-2(4)3(5)6;3-1-2(4)5/h3-4H,1-2,7-8H2,(H,9,10)(H,11,12);2*4-5H,3,7H2,1-2H3,(H,8,9);3H,1-2,6H2,(H2,7,8)(H,9,10);4H,2-3,6H2,1H3,(H,7,8);2H,4H2,1H3,(H,5,6);1,3H2,(H,4,5)/t3-,4-;5-;4-,5-;3-;4-;2-;/m000000./s1. The maximum Gasteiger partial charge on any atom is 0.321 e. The van der Waals surface area contributed by atoms with Crippen molar-refractivity contribution < 1.29 is 84.0 Å². The Bertz CT molecular complexity index is 1250. The summed E-state index contributed by atoms with van der Waals surface area (Å²) < 4.78 is 0. The van der Waals surface area contributed by atoms with Crippen LogP contribution < -0.4 is 51.6 Å². The number of carboxylic acids is 8. The van der Waals surface area contributed by atoms with E-state index in [9.17, 15) is 43.2 Å². The summed E-state index contributed by atoms with van der Waals surface area (Å²) in [5.74, 6) is -6.75. The van der Waals surface area contributed by atoms with Crippen molar-refractivity contribution in [2.75, 3.05) is 30.1 Å². The third kappa shape index (κ3) is 62.6. The van der Waals surface area contributed by atoms with E-state index >= 15 is 0 Å². The molecule has 0 bridgehead atoms. The van der Waals surface area contributed by atoms with Crippen LogP contribution in [-0.2, 0) is 43.2 Å². The molecule has 1 amide bonds. The molecule has 0 heterocycles. The molecule has 26 N–H and O–H groups in total. The second kappa shape index (κ2) is 46.5. The molecule has 29 heteroatoms. The summed E-state index contributed by atoms with van der Waals surface area (Å²) in [4.78, 5) is 89.8. The second-order valence-corrected chi connectivity index (χ2v) is 16.2. The van der Waals surface area contributed by atoms with E-state index in [2.05, 4.69) is 5.73 Å². The number of hydrogen-bond acceptors (Lipinski definition) is 20. The Morgan fingerprint density at radius 3 is 1.03 bits per heavy atom. The number of thioether (sulfide) groups is 1. The minimum atomic E-state index is -1.11. The Morgan fingerprint density at radius 1 is 0.532 bits per heavy atom. The zero-order valence-electron chi connectivity index (χ0n) is 35.7. The average molecular weight is 962 g/mol. The maximum atomic E-state index is 10.3. The molecule has 8 atom stereocenters. The molecule has 26 nitrogen and oxygen atoms in total. The summed E-state index contributed by atoms with van der Waals surface area (Å²) in [7, 11) is 2.41. The fourth-order valence-electron chi connectivity index (χ4n) is 2.28. The lowest BCUT2D eigenvalue weighted by molar-refractivity contribution is -0.140. The van der Waals surface area contributed by atoms with E-state index < -0.39 is 96.0 Å². The summed E-state index contributed by atoms with van der Waals surface area (Å²) >= 11 is 1.60. The zero-order chi connectivity index (χ0) is 50.9. The van der Waals surface area contributed by atoms with Gasteiger partial charge in [-0.1, -0.05) is 55.7 Å². The quantitative estimate of drug-likeness (QED) is 0.0367. The zero-order valence-corrected chi connectivity index (χ0v) is 38.2. The topological polar surface area (TPSA) is 550 Å². The number of primary amides is 1. The van der Waals surface area contributed by atoms with E-state index in [1.165, 1.54) is 28.5 Å². The van der Waals surface area contributed by atoms with Crippen molar-refractivity contribution in [1.82, 2.24) is 0 Å². The van der Waals surface area contributed by atoms with Gasteiger partial charge in [0.1, 0.15) is 42.3 Å². The molecule has 0 radical (unpaired) electrons. The van der Waals surface area contributed by atoms with Crippen LogP contribution in [0, 0.1) is 11.8 Å². The predicted octanol–water partition coefficient (Wildman–Crippen LogP) is -2.66. The van der Waals surface area contributed by atoms with Gasteiger partial charge in [-0.15, -0.1) is 0 Å². The number of rotatable bonds is 23. The van der Waals surface area contributed by atoms with Crippen LogP contribution in [0.1, 0.15) is 66.7 Å². The van der Waals surface area contributed by atoms with Crippen molar-refractivity contribution in [2.24, 2.45) is 63.4 Å².